The summed E-state index contributed by atoms with van der Waals surface area (Å²) in [6, 6.07) is 14.9. The number of hydrazone groups is 1. The highest BCUT2D eigenvalue weighted by atomic mass is 127. The predicted octanol–water partition coefficient (Wildman–Crippen LogP) is 3.99. The van der Waals surface area contributed by atoms with Crippen molar-refractivity contribution in [3.05, 3.63) is 63.2 Å². The van der Waals surface area contributed by atoms with E-state index in [-0.39, 0.29) is 18.2 Å². The number of benzene rings is 2. The summed E-state index contributed by atoms with van der Waals surface area (Å²) in [5.74, 6) is -0.458. The lowest BCUT2D eigenvalue weighted by atomic mass is 10.1. The van der Waals surface area contributed by atoms with E-state index in [2.05, 4.69) is 38.4 Å². The summed E-state index contributed by atoms with van der Waals surface area (Å²) in [7, 11) is 0. The van der Waals surface area contributed by atoms with Crippen LogP contribution in [0.3, 0.4) is 0 Å². The van der Waals surface area contributed by atoms with Crippen molar-refractivity contribution in [1.82, 2.24) is 5.43 Å². The average molecular weight is 449 g/mol. The van der Waals surface area contributed by atoms with Gasteiger partial charge in [0.1, 0.15) is 0 Å². The Morgan fingerprint density at radius 3 is 2.60 bits per heavy atom. The Hall–Kier alpha value is -2.22. The van der Waals surface area contributed by atoms with Crippen molar-refractivity contribution in [2.75, 3.05) is 5.32 Å². The Bertz CT molecular complexity index is 803. The molecule has 0 aliphatic rings. The van der Waals surface area contributed by atoms with Crippen LogP contribution in [0.4, 0.5) is 5.69 Å². The van der Waals surface area contributed by atoms with Crippen LogP contribution < -0.4 is 10.7 Å². The molecule has 0 unspecified atom stereocenters. The molecule has 0 saturated heterocycles. The largest absolute Gasteiger partial charge is 0.326 e. The number of amides is 2. The molecule has 2 rings (SSSR count). The Balaban J connectivity index is 1.92. The first kappa shape index (κ1) is 19.1. The summed E-state index contributed by atoms with van der Waals surface area (Å²) < 4.78 is 0.972. The molecular weight excluding hydrogens is 429 g/mol. The van der Waals surface area contributed by atoms with Gasteiger partial charge in [0.05, 0.1) is 6.42 Å². The van der Waals surface area contributed by atoms with Crippen LogP contribution in [-0.2, 0) is 11.2 Å². The van der Waals surface area contributed by atoms with Crippen molar-refractivity contribution in [2.24, 2.45) is 5.10 Å². The number of nitrogens with zero attached hydrogens (tertiary/aromatic N) is 1. The topological polar surface area (TPSA) is 70.6 Å². The fourth-order valence-corrected chi connectivity index (χ4v) is 2.80. The molecule has 0 aliphatic heterocycles. The highest BCUT2D eigenvalue weighted by Gasteiger charge is 2.08. The van der Waals surface area contributed by atoms with E-state index in [4.69, 9.17) is 0 Å². The first-order valence-electron chi connectivity index (χ1n) is 7.96. The highest BCUT2D eigenvalue weighted by Crippen LogP contribution is 2.15. The summed E-state index contributed by atoms with van der Waals surface area (Å²) in [5.41, 5.74) is 5.44. The van der Waals surface area contributed by atoms with Gasteiger partial charge in [0.15, 0.2) is 0 Å². The molecule has 0 spiro atoms. The molecule has 130 valence electrons. The van der Waals surface area contributed by atoms with Crippen molar-refractivity contribution in [3.8, 4) is 0 Å². The lowest BCUT2D eigenvalue weighted by molar-refractivity contribution is -0.115. The molecule has 0 aliphatic carbocycles. The van der Waals surface area contributed by atoms with Crippen molar-refractivity contribution in [3.63, 3.8) is 0 Å². The second kappa shape index (κ2) is 9.31. The molecule has 2 aromatic carbocycles. The number of carbonyl (C=O) groups excluding carboxylic acids is 2. The molecule has 0 atom stereocenters. The Morgan fingerprint density at radius 2 is 1.88 bits per heavy atom. The molecular formula is C19H20IN3O2. The van der Waals surface area contributed by atoms with Gasteiger partial charge in [-0.3, -0.25) is 9.59 Å². The number of hydrogen-bond donors (Lipinski definition) is 2. The van der Waals surface area contributed by atoms with Gasteiger partial charge in [0.2, 0.25) is 5.91 Å². The molecule has 0 saturated carbocycles. The highest BCUT2D eigenvalue weighted by molar-refractivity contribution is 14.1. The Kier molecular flexibility index (Phi) is 7.12. The zero-order valence-electron chi connectivity index (χ0n) is 14.2. The van der Waals surface area contributed by atoms with Gasteiger partial charge < -0.3 is 5.32 Å². The van der Waals surface area contributed by atoms with Crippen molar-refractivity contribution in [2.45, 2.75) is 26.7 Å². The molecule has 2 amide bonds. The maximum absolute atomic E-state index is 12.1. The summed E-state index contributed by atoms with van der Waals surface area (Å²) in [6.45, 7) is 3.75. The van der Waals surface area contributed by atoms with Crippen LogP contribution in [-0.4, -0.2) is 17.5 Å². The van der Waals surface area contributed by atoms with Gasteiger partial charge in [-0.1, -0.05) is 31.2 Å². The Morgan fingerprint density at radius 1 is 1.12 bits per heavy atom. The summed E-state index contributed by atoms with van der Waals surface area (Å²) in [5, 5.41) is 6.89. The number of hydrogen-bond acceptors (Lipinski definition) is 3. The minimum atomic E-state index is -0.297. The van der Waals surface area contributed by atoms with Crippen LogP contribution in [0.2, 0.25) is 0 Å². The molecule has 2 N–H and O–H groups in total. The van der Waals surface area contributed by atoms with E-state index in [1.54, 1.807) is 19.1 Å². The van der Waals surface area contributed by atoms with Gasteiger partial charge in [-0.15, -0.1) is 0 Å². The molecule has 0 heterocycles. The number of carbonyl (C=O) groups is 2. The van der Waals surface area contributed by atoms with E-state index >= 15 is 0 Å². The monoisotopic (exact) mass is 449 g/mol. The smallest absolute Gasteiger partial charge is 0.271 e. The van der Waals surface area contributed by atoms with Crippen LogP contribution in [0.25, 0.3) is 0 Å². The number of para-hydroxylation sites is 1. The second-order valence-electron chi connectivity index (χ2n) is 5.53. The van der Waals surface area contributed by atoms with Gasteiger partial charge >= 0.3 is 0 Å². The lowest BCUT2D eigenvalue weighted by Gasteiger charge is -2.09. The van der Waals surface area contributed by atoms with E-state index in [1.807, 2.05) is 43.3 Å². The van der Waals surface area contributed by atoms with Crippen LogP contribution in [0, 0.1) is 3.57 Å². The molecule has 5 nitrogen and oxygen atoms in total. The van der Waals surface area contributed by atoms with Crippen LogP contribution >= 0.6 is 22.6 Å². The molecule has 0 bridgehead atoms. The maximum atomic E-state index is 12.1. The third-order valence-corrected chi connectivity index (χ3v) is 4.19. The fraction of sp³-hybridized carbons (Fsp3) is 0.211. The van der Waals surface area contributed by atoms with E-state index in [0.717, 1.165) is 21.2 Å². The number of aryl methyl sites for hydroxylation is 1. The van der Waals surface area contributed by atoms with Crippen molar-refractivity contribution >= 4 is 45.8 Å². The average Bonchev–Trinajstić information content (AvgIpc) is 2.60. The number of anilines is 1. The number of rotatable bonds is 6. The first-order chi connectivity index (χ1) is 12.0. The maximum Gasteiger partial charge on any atom is 0.271 e. The van der Waals surface area contributed by atoms with E-state index in [0.29, 0.717) is 11.3 Å². The zero-order chi connectivity index (χ0) is 18.2. The third kappa shape index (κ3) is 5.97. The molecule has 0 aromatic heterocycles. The number of nitrogens with one attached hydrogen (secondary N) is 2. The van der Waals surface area contributed by atoms with Crippen LogP contribution in [0.1, 0.15) is 36.2 Å². The van der Waals surface area contributed by atoms with Crippen LogP contribution in [0.5, 0.6) is 0 Å². The molecule has 6 heteroatoms. The summed E-state index contributed by atoms with van der Waals surface area (Å²) >= 11 is 2.14. The van der Waals surface area contributed by atoms with E-state index < -0.39 is 0 Å². The molecule has 0 fully saturated rings. The second-order valence-corrected chi connectivity index (χ2v) is 6.78. The summed E-state index contributed by atoms with van der Waals surface area (Å²) in [6.07, 6.45) is 0.958. The van der Waals surface area contributed by atoms with Gasteiger partial charge in [-0.2, -0.15) is 5.10 Å². The zero-order valence-corrected chi connectivity index (χ0v) is 16.3. The first-order valence-corrected chi connectivity index (χ1v) is 9.04. The van der Waals surface area contributed by atoms with Crippen LogP contribution in [0.15, 0.2) is 53.6 Å². The van der Waals surface area contributed by atoms with Gasteiger partial charge in [0.25, 0.3) is 5.91 Å². The van der Waals surface area contributed by atoms with Crippen molar-refractivity contribution < 1.29 is 9.59 Å². The number of halogens is 1. The minimum absolute atomic E-state index is 0.116. The normalized spacial score (nSPS) is 11.1. The Labute approximate surface area is 161 Å². The van der Waals surface area contributed by atoms with Gasteiger partial charge in [-0.05, 0) is 65.8 Å². The SMILES string of the molecule is CCc1ccccc1NC(=O)C/C(C)=N/NC(=O)c1cccc(I)c1. The quantitative estimate of drug-likeness (QED) is 0.398. The van der Waals surface area contributed by atoms with Gasteiger partial charge in [-0.25, -0.2) is 5.43 Å². The predicted molar refractivity (Wildman–Crippen MR) is 109 cm³/mol. The van der Waals surface area contributed by atoms with E-state index in [9.17, 15) is 9.59 Å². The summed E-state index contributed by atoms with van der Waals surface area (Å²) in [4.78, 5) is 24.2. The molecule has 25 heavy (non-hydrogen) atoms. The molecule has 0 radical (unpaired) electrons. The third-order valence-electron chi connectivity index (χ3n) is 3.52. The van der Waals surface area contributed by atoms with E-state index in [1.165, 1.54) is 0 Å². The van der Waals surface area contributed by atoms with Gasteiger partial charge in [0, 0.05) is 20.5 Å². The van der Waals surface area contributed by atoms with Crippen molar-refractivity contribution in [1.29, 1.82) is 0 Å². The standard InChI is InChI=1S/C19H20IN3O2/c1-3-14-7-4-5-10-17(14)21-18(24)11-13(2)22-23-19(25)15-8-6-9-16(20)12-15/h4-10,12H,3,11H2,1-2H3,(H,21,24)(H,23,25)/b22-13+. The molecule has 2 aromatic rings. The lowest BCUT2D eigenvalue weighted by Crippen LogP contribution is -2.21. The fourth-order valence-electron chi connectivity index (χ4n) is 2.26. The minimum Gasteiger partial charge on any atom is -0.326 e.